The standard InChI is InChI=1S/C9H20NO.BrH/c1-8(2)6-9(11)7-10(3,4)5;/h8H,6-7H2,1-5H3;1H/q+1;/p-1. The first-order chi connectivity index (χ1) is 4.81. The highest BCUT2D eigenvalue weighted by Gasteiger charge is 2.14. The fraction of sp³-hybridized carbons (Fsp3) is 0.889. The molecule has 12 heavy (non-hydrogen) atoms. The fourth-order valence-electron chi connectivity index (χ4n) is 1.05. The van der Waals surface area contributed by atoms with Crippen molar-refractivity contribution in [2.45, 2.75) is 20.3 Å². The maximum Gasteiger partial charge on any atom is 0.187 e. The fourth-order valence-corrected chi connectivity index (χ4v) is 1.05. The highest BCUT2D eigenvalue weighted by Crippen LogP contribution is 2.02. The lowest BCUT2D eigenvalue weighted by molar-refractivity contribution is -0.862. The van der Waals surface area contributed by atoms with E-state index in [9.17, 15) is 4.79 Å². The predicted molar refractivity (Wildman–Crippen MR) is 47.4 cm³/mol. The van der Waals surface area contributed by atoms with Gasteiger partial charge in [-0.15, -0.1) is 0 Å². The highest BCUT2D eigenvalue weighted by molar-refractivity contribution is 5.79. The van der Waals surface area contributed by atoms with Crippen LogP contribution in [0.3, 0.4) is 0 Å². The van der Waals surface area contributed by atoms with Crippen molar-refractivity contribution >= 4 is 5.78 Å². The molecule has 0 aromatic carbocycles. The van der Waals surface area contributed by atoms with Gasteiger partial charge in [0, 0.05) is 6.42 Å². The van der Waals surface area contributed by atoms with Gasteiger partial charge in [-0.25, -0.2) is 0 Å². The van der Waals surface area contributed by atoms with Crippen LogP contribution in [0.4, 0.5) is 0 Å². The number of hydrogen-bond donors (Lipinski definition) is 0. The van der Waals surface area contributed by atoms with Gasteiger partial charge in [0.05, 0.1) is 21.1 Å². The van der Waals surface area contributed by atoms with Crippen molar-refractivity contribution in [1.29, 1.82) is 0 Å². The summed E-state index contributed by atoms with van der Waals surface area (Å²) in [6.45, 7) is 4.80. The van der Waals surface area contributed by atoms with E-state index in [1.807, 2.05) is 21.1 Å². The quantitative estimate of drug-likeness (QED) is 0.534. The second-order valence-electron chi connectivity index (χ2n) is 4.59. The summed E-state index contributed by atoms with van der Waals surface area (Å²) in [6.07, 6.45) is 0.718. The SMILES string of the molecule is CC(C)CC(=O)C[N+](C)(C)C.[Br-]. The molecule has 0 bridgehead atoms. The number of rotatable bonds is 4. The largest absolute Gasteiger partial charge is 1.00 e. The number of hydrogen-bond acceptors (Lipinski definition) is 1. The summed E-state index contributed by atoms with van der Waals surface area (Å²) in [5, 5.41) is 0. The topological polar surface area (TPSA) is 17.1 Å². The molecule has 2 nitrogen and oxygen atoms in total. The van der Waals surface area contributed by atoms with Crippen LogP contribution in [-0.2, 0) is 4.79 Å². The summed E-state index contributed by atoms with van der Waals surface area (Å²) in [4.78, 5) is 11.3. The van der Waals surface area contributed by atoms with Crippen LogP contribution >= 0.6 is 0 Å². The molecule has 0 fully saturated rings. The molecule has 0 aliphatic heterocycles. The summed E-state index contributed by atoms with van der Waals surface area (Å²) >= 11 is 0. The van der Waals surface area contributed by atoms with Gasteiger partial charge in [0.1, 0.15) is 6.54 Å². The summed E-state index contributed by atoms with van der Waals surface area (Å²) in [5.74, 6) is 0.863. The third kappa shape index (κ3) is 10.1. The second-order valence-corrected chi connectivity index (χ2v) is 4.59. The minimum atomic E-state index is 0. The molecule has 0 aliphatic carbocycles. The third-order valence-corrected chi connectivity index (χ3v) is 1.29. The molecule has 0 saturated carbocycles. The number of ketones is 1. The minimum absolute atomic E-state index is 0. The summed E-state index contributed by atoms with van der Waals surface area (Å²) in [7, 11) is 6.12. The molecule has 0 heterocycles. The number of halogens is 1. The van der Waals surface area contributed by atoms with Crippen molar-refractivity contribution in [3.63, 3.8) is 0 Å². The van der Waals surface area contributed by atoms with Gasteiger partial charge < -0.3 is 21.5 Å². The van der Waals surface area contributed by atoms with Crippen LogP contribution in [0.5, 0.6) is 0 Å². The molecular weight excluding hydrogens is 218 g/mol. The van der Waals surface area contributed by atoms with Gasteiger partial charge in [-0.05, 0) is 5.92 Å². The molecule has 0 aromatic rings. The number of carbonyl (C=O) groups excluding carboxylic acids is 1. The van der Waals surface area contributed by atoms with Gasteiger partial charge in [-0.3, -0.25) is 4.79 Å². The lowest BCUT2D eigenvalue weighted by atomic mass is 10.1. The summed E-state index contributed by atoms with van der Waals surface area (Å²) in [5.41, 5.74) is 0. The Morgan fingerprint density at radius 3 is 1.92 bits per heavy atom. The average Bonchev–Trinajstić information content (AvgIpc) is 1.53. The van der Waals surface area contributed by atoms with E-state index < -0.39 is 0 Å². The zero-order chi connectivity index (χ0) is 9.07. The van der Waals surface area contributed by atoms with Crippen LogP contribution in [0, 0.1) is 5.92 Å². The summed E-state index contributed by atoms with van der Waals surface area (Å²) < 4.78 is 0.742. The Labute approximate surface area is 86.3 Å². The second kappa shape index (κ2) is 5.70. The lowest BCUT2D eigenvalue weighted by Crippen LogP contribution is -3.00. The molecule has 0 aliphatic rings. The summed E-state index contributed by atoms with van der Waals surface area (Å²) in [6, 6.07) is 0. The third-order valence-electron chi connectivity index (χ3n) is 1.29. The molecule has 0 atom stereocenters. The molecule has 0 spiro atoms. The van der Waals surface area contributed by atoms with Gasteiger partial charge >= 0.3 is 0 Å². The van der Waals surface area contributed by atoms with Crippen molar-refractivity contribution < 1.29 is 26.3 Å². The Morgan fingerprint density at radius 2 is 1.67 bits per heavy atom. The number of quaternary nitrogens is 1. The average molecular weight is 238 g/mol. The van der Waals surface area contributed by atoms with Gasteiger partial charge in [0.15, 0.2) is 5.78 Å². The first-order valence-electron chi connectivity index (χ1n) is 4.13. The van der Waals surface area contributed by atoms with Crippen LogP contribution in [0.15, 0.2) is 0 Å². The molecule has 0 saturated heterocycles. The highest BCUT2D eigenvalue weighted by atomic mass is 79.9. The van der Waals surface area contributed by atoms with Gasteiger partial charge in [-0.1, -0.05) is 13.8 Å². The Bertz CT molecular complexity index is 138. The molecule has 0 radical (unpaired) electrons. The zero-order valence-electron chi connectivity index (χ0n) is 8.72. The van der Waals surface area contributed by atoms with Gasteiger partial charge in [0.2, 0.25) is 0 Å². The van der Waals surface area contributed by atoms with E-state index in [-0.39, 0.29) is 17.0 Å². The van der Waals surface area contributed by atoms with Crippen molar-refractivity contribution in [2.75, 3.05) is 27.7 Å². The van der Waals surface area contributed by atoms with Gasteiger partial charge in [0.25, 0.3) is 0 Å². The van der Waals surface area contributed by atoms with E-state index in [4.69, 9.17) is 0 Å². The Morgan fingerprint density at radius 1 is 1.25 bits per heavy atom. The van der Waals surface area contributed by atoms with Crippen molar-refractivity contribution in [3.8, 4) is 0 Å². The Hall–Kier alpha value is 0.110. The zero-order valence-corrected chi connectivity index (χ0v) is 10.3. The maximum atomic E-state index is 11.3. The normalized spacial score (nSPS) is 11.2. The molecule has 0 rings (SSSR count). The van der Waals surface area contributed by atoms with Crippen LogP contribution in [0.25, 0.3) is 0 Å². The van der Waals surface area contributed by atoms with Crippen molar-refractivity contribution in [1.82, 2.24) is 0 Å². The molecule has 0 amide bonds. The Kier molecular flexibility index (Phi) is 6.95. The maximum absolute atomic E-state index is 11.3. The predicted octanol–water partition coefficient (Wildman–Crippen LogP) is -1.69. The molecule has 0 unspecified atom stereocenters. The number of Topliss-reactive ketones (excluding diaryl/α,β-unsaturated/α-hetero) is 1. The molecular formula is C9H20BrNO. The van der Waals surface area contributed by atoms with Crippen LogP contribution < -0.4 is 17.0 Å². The first-order valence-corrected chi connectivity index (χ1v) is 4.13. The van der Waals surface area contributed by atoms with Gasteiger partial charge in [-0.2, -0.15) is 0 Å². The van der Waals surface area contributed by atoms with E-state index in [0.29, 0.717) is 18.2 Å². The smallest absolute Gasteiger partial charge is 0.187 e. The van der Waals surface area contributed by atoms with E-state index in [1.165, 1.54) is 0 Å². The van der Waals surface area contributed by atoms with E-state index in [1.54, 1.807) is 0 Å². The monoisotopic (exact) mass is 237 g/mol. The molecule has 0 N–H and O–H groups in total. The molecule has 74 valence electrons. The molecule has 3 heteroatoms. The van der Waals surface area contributed by atoms with Crippen LogP contribution in [-0.4, -0.2) is 38.0 Å². The molecule has 0 aromatic heterocycles. The van der Waals surface area contributed by atoms with Crippen LogP contribution in [0.1, 0.15) is 20.3 Å². The number of carbonyl (C=O) groups is 1. The van der Waals surface area contributed by atoms with E-state index in [2.05, 4.69) is 13.8 Å². The first kappa shape index (κ1) is 14.6. The number of likely N-dealkylation sites (N-methyl/N-ethyl adjacent to an activating group) is 1. The Balaban J connectivity index is 0. The van der Waals surface area contributed by atoms with E-state index in [0.717, 1.165) is 10.9 Å². The van der Waals surface area contributed by atoms with Crippen LogP contribution in [0.2, 0.25) is 0 Å². The lowest BCUT2D eigenvalue weighted by Gasteiger charge is -2.23. The minimum Gasteiger partial charge on any atom is -1.00 e. The van der Waals surface area contributed by atoms with E-state index >= 15 is 0 Å². The van der Waals surface area contributed by atoms with Crippen molar-refractivity contribution in [3.05, 3.63) is 0 Å². The van der Waals surface area contributed by atoms with Crippen molar-refractivity contribution in [2.24, 2.45) is 5.92 Å². The number of nitrogens with zero attached hydrogens (tertiary/aromatic N) is 1.